The minimum atomic E-state index is -4.20. The molecule has 1 atom stereocenters. The molecular weight excluding hydrogens is 483 g/mol. The average molecular weight is 501 g/mol. The molecule has 0 spiro atoms. The lowest BCUT2D eigenvalue weighted by Crippen LogP contribution is -2.48. The van der Waals surface area contributed by atoms with Crippen LogP contribution in [0.15, 0.2) is 69.6 Å². The van der Waals surface area contributed by atoms with Crippen LogP contribution in [-0.2, 0) is 26.8 Å². The molecule has 3 aromatic rings. The molecular formula is C23H18ClFN4O4S. The molecule has 4 N–H and O–H groups in total. The van der Waals surface area contributed by atoms with Gasteiger partial charge in [-0.15, -0.1) is 4.40 Å². The fourth-order valence-electron chi connectivity index (χ4n) is 4.33. The summed E-state index contributed by atoms with van der Waals surface area (Å²) < 4.78 is 44.8. The van der Waals surface area contributed by atoms with Crippen LogP contribution >= 0.6 is 11.6 Å². The standard InChI is InChI=1S/C23H18ClFN4O4S/c1-23(11-12-4-6-15(25)14(24)9-12)21(31)19(20(30)17-3-2-8-29(17)23)22-27-16-7-5-13(26)10-18(16)34(32,33)28-22/h2-10,30H,11,26H2,1H3,(H,27,28). The Hall–Kier alpha value is -3.63. The Morgan fingerprint density at radius 1 is 1.24 bits per heavy atom. The highest BCUT2D eigenvalue weighted by molar-refractivity contribution is 7.90. The van der Waals surface area contributed by atoms with Gasteiger partial charge in [0.15, 0.2) is 17.4 Å². The summed E-state index contributed by atoms with van der Waals surface area (Å²) >= 11 is 5.94. The van der Waals surface area contributed by atoms with E-state index in [1.807, 2.05) is 0 Å². The number of amidine groups is 1. The number of aliphatic hydroxyl groups is 1. The molecule has 0 radical (unpaired) electrons. The van der Waals surface area contributed by atoms with Gasteiger partial charge in [-0.1, -0.05) is 17.7 Å². The quantitative estimate of drug-likeness (QED) is 0.468. The molecule has 2 aromatic carbocycles. The lowest BCUT2D eigenvalue weighted by molar-refractivity contribution is -0.123. The van der Waals surface area contributed by atoms with Gasteiger partial charge >= 0.3 is 0 Å². The first-order chi connectivity index (χ1) is 16.0. The molecule has 0 bridgehead atoms. The summed E-state index contributed by atoms with van der Waals surface area (Å²) in [5.41, 5.74) is 5.45. The number of nitrogens with one attached hydrogen (secondary N) is 1. The number of nitrogens with zero attached hydrogens (tertiary/aromatic N) is 2. The zero-order valence-electron chi connectivity index (χ0n) is 17.7. The molecule has 0 saturated heterocycles. The van der Waals surface area contributed by atoms with Crippen molar-refractivity contribution >= 4 is 50.4 Å². The molecule has 34 heavy (non-hydrogen) atoms. The number of ketones is 1. The van der Waals surface area contributed by atoms with Crippen molar-refractivity contribution in [3.8, 4) is 0 Å². The maximum Gasteiger partial charge on any atom is 0.286 e. The Labute approximate surface area is 199 Å². The topological polar surface area (TPSA) is 127 Å². The van der Waals surface area contributed by atoms with Gasteiger partial charge in [-0.3, -0.25) is 4.79 Å². The number of Topliss-reactive ketones (excluding diaryl/α,β-unsaturated/α-hetero) is 1. The Morgan fingerprint density at radius 2 is 2.00 bits per heavy atom. The van der Waals surface area contributed by atoms with Crippen molar-refractivity contribution in [3.63, 3.8) is 0 Å². The van der Waals surface area contributed by atoms with E-state index in [0.717, 1.165) is 0 Å². The monoisotopic (exact) mass is 500 g/mol. The molecule has 11 heteroatoms. The van der Waals surface area contributed by atoms with Gasteiger partial charge in [0.1, 0.15) is 21.8 Å². The molecule has 1 aromatic heterocycles. The summed E-state index contributed by atoms with van der Waals surface area (Å²) in [7, 11) is -4.20. The van der Waals surface area contributed by atoms with E-state index in [9.17, 15) is 22.7 Å². The highest BCUT2D eigenvalue weighted by atomic mass is 35.5. The van der Waals surface area contributed by atoms with E-state index in [1.165, 1.54) is 36.4 Å². The van der Waals surface area contributed by atoms with E-state index >= 15 is 0 Å². The first kappa shape index (κ1) is 22.2. The number of carbonyl (C=O) groups excluding carboxylic acids is 1. The second kappa shape index (κ2) is 7.44. The Bertz CT molecular complexity index is 1560. The molecule has 2 aliphatic heterocycles. The van der Waals surface area contributed by atoms with Crippen LogP contribution < -0.4 is 11.1 Å². The summed E-state index contributed by atoms with van der Waals surface area (Å²) in [5, 5.41) is 13.8. The minimum absolute atomic E-state index is 0.0870. The number of fused-ring (bicyclic) bond motifs is 2. The highest BCUT2D eigenvalue weighted by Crippen LogP contribution is 2.39. The van der Waals surface area contributed by atoms with E-state index in [4.69, 9.17) is 17.3 Å². The highest BCUT2D eigenvalue weighted by Gasteiger charge is 2.46. The third kappa shape index (κ3) is 3.29. The Kier molecular flexibility index (Phi) is 4.85. The molecule has 174 valence electrons. The predicted octanol–water partition coefficient (Wildman–Crippen LogP) is 3.89. The molecule has 0 amide bonds. The number of carbonyl (C=O) groups is 1. The summed E-state index contributed by atoms with van der Waals surface area (Å²) in [5.74, 6) is -1.87. The number of sulfonamides is 1. The molecule has 0 fully saturated rings. The summed E-state index contributed by atoms with van der Waals surface area (Å²) in [4.78, 5) is 13.7. The zero-order valence-corrected chi connectivity index (χ0v) is 19.3. The molecule has 3 heterocycles. The first-order valence-electron chi connectivity index (χ1n) is 10.1. The van der Waals surface area contributed by atoms with Crippen molar-refractivity contribution in [1.29, 1.82) is 0 Å². The van der Waals surface area contributed by atoms with E-state index in [-0.39, 0.29) is 39.1 Å². The maximum atomic E-state index is 13.9. The Morgan fingerprint density at radius 3 is 2.74 bits per heavy atom. The van der Waals surface area contributed by atoms with Crippen molar-refractivity contribution in [3.05, 3.63) is 82.4 Å². The number of benzene rings is 2. The Balaban J connectivity index is 1.65. The number of nitrogens with two attached hydrogens (primary N) is 1. The predicted molar refractivity (Wildman–Crippen MR) is 127 cm³/mol. The molecule has 2 aliphatic rings. The van der Waals surface area contributed by atoms with Gasteiger partial charge in [0.2, 0.25) is 0 Å². The smallest absolute Gasteiger partial charge is 0.286 e. The molecule has 8 nitrogen and oxygen atoms in total. The van der Waals surface area contributed by atoms with Crippen molar-refractivity contribution in [1.82, 2.24) is 4.57 Å². The third-order valence-electron chi connectivity index (χ3n) is 5.99. The summed E-state index contributed by atoms with van der Waals surface area (Å²) in [6.45, 7) is 1.65. The number of aliphatic hydroxyl groups excluding tert-OH is 1. The zero-order chi connectivity index (χ0) is 24.4. The molecule has 0 saturated carbocycles. The summed E-state index contributed by atoms with van der Waals surface area (Å²) in [6, 6.07) is 11.6. The number of nitrogen functional groups attached to an aromatic ring is 1. The maximum absolute atomic E-state index is 13.9. The van der Waals surface area contributed by atoms with Crippen molar-refractivity contribution in [2.75, 3.05) is 11.1 Å². The first-order valence-corrected chi connectivity index (χ1v) is 11.9. The van der Waals surface area contributed by atoms with Crippen LogP contribution in [0.5, 0.6) is 0 Å². The van der Waals surface area contributed by atoms with E-state index in [1.54, 1.807) is 29.8 Å². The van der Waals surface area contributed by atoms with Crippen LogP contribution in [0.4, 0.5) is 15.8 Å². The van der Waals surface area contributed by atoms with Crippen LogP contribution in [0.1, 0.15) is 18.2 Å². The SMILES string of the molecule is CC1(Cc2ccc(F)c(Cl)c2)C(=O)C(C2=NS(=O)(=O)c3cc(N)ccc3N2)=C(O)c2cccn21. The third-order valence-corrected chi connectivity index (χ3v) is 7.60. The van der Waals surface area contributed by atoms with Crippen LogP contribution in [0.3, 0.4) is 0 Å². The van der Waals surface area contributed by atoms with Gasteiger partial charge in [-0.25, -0.2) is 4.39 Å². The van der Waals surface area contributed by atoms with Crippen LogP contribution in [0.25, 0.3) is 5.76 Å². The van der Waals surface area contributed by atoms with Gasteiger partial charge in [0.05, 0.1) is 16.4 Å². The van der Waals surface area contributed by atoms with Gasteiger partial charge in [-0.05, 0) is 55.0 Å². The number of aromatic nitrogens is 1. The molecule has 5 rings (SSSR count). The van der Waals surface area contributed by atoms with Gasteiger partial charge in [0, 0.05) is 18.3 Å². The fraction of sp³-hybridized carbons (Fsp3) is 0.130. The van der Waals surface area contributed by atoms with Gasteiger partial charge < -0.3 is 20.7 Å². The van der Waals surface area contributed by atoms with E-state index in [0.29, 0.717) is 11.3 Å². The second-order valence-electron chi connectivity index (χ2n) is 8.31. The number of hydrogen-bond donors (Lipinski definition) is 3. The molecule has 0 aliphatic carbocycles. The normalized spacial score (nSPS) is 20.9. The number of rotatable bonds is 3. The second-order valence-corrected chi connectivity index (χ2v) is 10.3. The number of anilines is 2. The van der Waals surface area contributed by atoms with Gasteiger partial charge in [-0.2, -0.15) is 8.42 Å². The molecule has 1 unspecified atom stereocenters. The van der Waals surface area contributed by atoms with Crippen LogP contribution in [0.2, 0.25) is 5.02 Å². The van der Waals surface area contributed by atoms with Crippen molar-refractivity contribution < 1.29 is 22.7 Å². The average Bonchev–Trinajstić information content (AvgIpc) is 3.27. The van der Waals surface area contributed by atoms with Gasteiger partial charge in [0.25, 0.3) is 10.0 Å². The lowest BCUT2D eigenvalue weighted by atomic mass is 9.81. The fourth-order valence-corrected chi connectivity index (χ4v) is 5.70. The van der Waals surface area contributed by atoms with Crippen molar-refractivity contribution in [2.45, 2.75) is 23.8 Å². The minimum Gasteiger partial charge on any atom is -0.505 e. The lowest BCUT2D eigenvalue weighted by Gasteiger charge is -2.37. The van der Waals surface area contributed by atoms with E-state index < -0.39 is 32.9 Å². The number of hydrogen-bond acceptors (Lipinski definition) is 6. The largest absolute Gasteiger partial charge is 0.505 e. The van der Waals surface area contributed by atoms with Crippen LogP contribution in [-0.4, -0.2) is 29.7 Å². The van der Waals surface area contributed by atoms with Crippen molar-refractivity contribution in [2.24, 2.45) is 4.40 Å². The number of halogens is 2. The summed E-state index contributed by atoms with van der Waals surface area (Å²) in [6.07, 6.45) is 1.73. The van der Waals surface area contributed by atoms with E-state index in [2.05, 4.69) is 9.71 Å². The van der Waals surface area contributed by atoms with Crippen LogP contribution in [0, 0.1) is 5.82 Å².